The van der Waals surface area contributed by atoms with Crippen molar-refractivity contribution in [1.82, 2.24) is 9.97 Å². The normalized spacial score (nSPS) is 12.6. The van der Waals surface area contributed by atoms with E-state index in [1.807, 2.05) is 30.3 Å². The van der Waals surface area contributed by atoms with E-state index in [1.165, 1.54) is 0 Å². The number of halogens is 2. The Morgan fingerprint density at radius 2 is 1.88 bits per heavy atom. The standard InChI is InChI=1S/C17H13Cl2N3O2/c18-11-2-3-13-12(8-11)16(22-17(19)21-13)20-6-5-10-1-4-14-15(7-10)24-9-23-14/h1-4,7-8H,5-6,9H2,(H,20,21,22). The second-order valence-corrected chi connectivity index (χ2v) is 6.14. The van der Waals surface area contributed by atoms with Crippen LogP contribution in [0.5, 0.6) is 11.5 Å². The summed E-state index contributed by atoms with van der Waals surface area (Å²) in [5.41, 5.74) is 1.90. The van der Waals surface area contributed by atoms with Crippen LogP contribution in [0.15, 0.2) is 36.4 Å². The lowest BCUT2D eigenvalue weighted by molar-refractivity contribution is 0.174. The molecule has 2 heterocycles. The molecule has 1 aliphatic rings. The first kappa shape index (κ1) is 15.3. The van der Waals surface area contributed by atoms with E-state index in [-0.39, 0.29) is 12.1 Å². The van der Waals surface area contributed by atoms with Gasteiger partial charge in [-0.25, -0.2) is 9.97 Å². The third-order valence-electron chi connectivity index (χ3n) is 3.77. The number of rotatable bonds is 4. The fraction of sp³-hybridized carbons (Fsp3) is 0.176. The number of anilines is 1. The predicted octanol–water partition coefficient (Wildman–Crippen LogP) is 4.32. The second kappa shape index (κ2) is 6.34. The molecule has 1 aromatic heterocycles. The average molecular weight is 362 g/mol. The van der Waals surface area contributed by atoms with Crippen molar-refractivity contribution in [2.24, 2.45) is 0 Å². The number of nitrogens with one attached hydrogen (secondary N) is 1. The van der Waals surface area contributed by atoms with Gasteiger partial charge in [0.1, 0.15) is 5.82 Å². The molecule has 0 amide bonds. The second-order valence-electron chi connectivity index (χ2n) is 5.37. The summed E-state index contributed by atoms with van der Waals surface area (Å²) in [6.07, 6.45) is 0.806. The van der Waals surface area contributed by atoms with Gasteiger partial charge in [-0.1, -0.05) is 17.7 Å². The molecule has 0 unspecified atom stereocenters. The first-order valence-corrected chi connectivity index (χ1v) is 8.20. The van der Waals surface area contributed by atoms with Gasteiger partial charge in [-0.15, -0.1) is 0 Å². The summed E-state index contributed by atoms with van der Waals surface area (Å²) in [7, 11) is 0. The quantitative estimate of drug-likeness (QED) is 0.701. The van der Waals surface area contributed by atoms with Crippen LogP contribution in [0, 0.1) is 0 Å². The Labute approximate surface area is 148 Å². The Hall–Kier alpha value is -2.24. The van der Waals surface area contributed by atoms with E-state index in [1.54, 1.807) is 6.07 Å². The number of nitrogens with zero attached hydrogens (tertiary/aromatic N) is 2. The zero-order chi connectivity index (χ0) is 16.5. The summed E-state index contributed by atoms with van der Waals surface area (Å²) >= 11 is 12.1. The molecule has 1 aliphatic heterocycles. The summed E-state index contributed by atoms with van der Waals surface area (Å²) in [6.45, 7) is 0.970. The van der Waals surface area contributed by atoms with Crippen LogP contribution in [0.1, 0.15) is 5.56 Å². The van der Waals surface area contributed by atoms with Gasteiger partial charge in [0, 0.05) is 17.0 Å². The molecule has 0 atom stereocenters. The molecule has 4 rings (SSSR count). The van der Waals surface area contributed by atoms with Gasteiger partial charge in [0.2, 0.25) is 12.1 Å². The SMILES string of the molecule is Clc1ccc2nc(Cl)nc(NCCc3ccc4c(c3)OCO4)c2c1. The Balaban J connectivity index is 1.51. The first-order chi connectivity index (χ1) is 11.7. The number of ether oxygens (including phenoxy) is 2. The van der Waals surface area contributed by atoms with Gasteiger partial charge in [0.05, 0.1) is 5.52 Å². The monoisotopic (exact) mass is 361 g/mol. The van der Waals surface area contributed by atoms with E-state index in [2.05, 4.69) is 15.3 Å². The van der Waals surface area contributed by atoms with Crippen LogP contribution < -0.4 is 14.8 Å². The fourth-order valence-corrected chi connectivity index (χ4v) is 2.98. The highest BCUT2D eigenvalue weighted by Gasteiger charge is 2.13. The topological polar surface area (TPSA) is 56.3 Å². The molecular weight excluding hydrogens is 349 g/mol. The van der Waals surface area contributed by atoms with Gasteiger partial charge >= 0.3 is 0 Å². The summed E-state index contributed by atoms with van der Waals surface area (Å²) in [6, 6.07) is 11.4. The van der Waals surface area contributed by atoms with Crippen LogP contribution in [-0.4, -0.2) is 23.3 Å². The van der Waals surface area contributed by atoms with Crippen molar-refractivity contribution in [2.45, 2.75) is 6.42 Å². The molecule has 1 N–H and O–H groups in total. The zero-order valence-electron chi connectivity index (χ0n) is 12.6. The van der Waals surface area contributed by atoms with Gasteiger partial charge < -0.3 is 14.8 Å². The molecule has 3 aromatic rings. The van der Waals surface area contributed by atoms with Gasteiger partial charge in [-0.05, 0) is 53.9 Å². The Kier molecular flexibility index (Phi) is 4.04. The third kappa shape index (κ3) is 3.05. The number of aromatic nitrogens is 2. The summed E-state index contributed by atoms with van der Waals surface area (Å²) in [5.74, 6) is 2.25. The van der Waals surface area contributed by atoms with Gasteiger partial charge in [-0.2, -0.15) is 0 Å². The Bertz CT molecular complexity index is 918. The number of fused-ring (bicyclic) bond motifs is 2. The van der Waals surface area contributed by atoms with Crippen molar-refractivity contribution in [3.05, 3.63) is 52.3 Å². The minimum absolute atomic E-state index is 0.204. The van der Waals surface area contributed by atoms with Crippen molar-refractivity contribution in [2.75, 3.05) is 18.7 Å². The Morgan fingerprint density at radius 1 is 1.00 bits per heavy atom. The van der Waals surface area contributed by atoms with Gasteiger partial charge in [-0.3, -0.25) is 0 Å². The van der Waals surface area contributed by atoms with E-state index in [0.29, 0.717) is 17.4 Å². The Morgan fingerprint density at radius 3 is 2.79 bits per heavy atom. The van der Waals surface area contributed by atoms with Crippen LogP contribution in [0.2, 0.25) is 10.3 Å². The molecule has 122 valence electrons. The molecule has 24 heavy (non-hydrogen) atoms. The van der Waals surface area contributed by atoms with Crippen LogP contribution in [0.3, 0.4) is 0 Å². The third-order valence-corrected chi connectivity index (χ3v) is 4.18. The highest BCUT2D eigenvalue weighted by atomic mass is 35.5. The molecule has 0 radical (unpaired) electrons. The fourth-order valence-electron chi connectivity index (χ4n) is 2.63. The van der Waals surface area contributed by atoms with Crippen molar-refractivity contribution in [1.29, 1.82) is 0 Å². The largest absolute Gasteiger partial charge is 0.454 e. The van der Waals surface area contributed by atoms with Crippen LogP contribution in [0.25, 0.3) is 10.9 Å². The molecule has 5 nitrogen and oxygen atoms in total. The lowest BCUT2D eigenvalue weighted by Crippen LogP contribution is -2.07. The molecular formula is C17H13Cl2N3O2. The smallest absolute Gasteiger partial charge is 0.231 e. The molecule has 0 saturated heterocycles. The van der Waals surface area contributed by atoms with Crippen molar-refractivity contribution in [3.63, 3.8) is 0 Å². The highest BCUT2D eigenvalue weighted by Crippen LogP contribution is 2.32. The zero-order valence-corrected chi connectivity index (χ0v) is 14.1. The molecule has 0 aliphatic carbocycles. The highest BCUT2D eigenvalue weighted by molar-refractivity contribution is 6.31. The van der Waals surface area contributed by atoms with E-state index in [4.69, 9.17) is 32.7 Å². The van der Waals surface area contributed by atoms with E-state index in [0.717, 1.165) is 34.4 Å². The molecule has 0 fully saturated rings. The van der Waals surface area contributed by atoms with E-state index in [9.17, 15) is 0 Å². The van der Waals surface area contributed by atoms with Crippen molar-refractivity contribution < 1.29 is 9.47 Å². The van der Waals surface area contributed by atoms with Gasteiger partial charge in [0.15, 0.2) is 11.5 Å². The molecule has 0 bridgehead atoms. The average Bonchev–Trinajstić information content (AvgIpc) is 3.03. The maximum absolute atomic E-state index is 6.07. The van der Waals surface area contributed by atoms with Crippen molar-refractivity contribution >= 4 is 39.9 Å². The molecule has 2 aromatic carbocycles. The van der Waals surface area contributed by atoms with Crippen LogP contribution >= 0.6 is 23.2 Å². The van der Waals surface area contributed by atoms with Crippen LogP contribution in [0.4, 0.5) is 5.82 Å². The van der Waals surface area contributed by atoms with Gasteiger partial charge in [0.25, 0.3) is 0 Å². The molecule has 0 spiro atoms. The maximum Gasteiger partial charge on any atom is 0.231 e. The lowest BCUT2D eigenvalue weighted by atomic mass is 10.1. The lowest BCUT2D eigenvalue weighted by Gasteiger charge is -2.10. The minimum atomic E-state index is 0.204. The predicted molar refractivity (Wildman–Crippen MR) is 94.3 cm³/mol. The summed E-state index contributed by atoms with van der Waals surface area (Å²) in [5, 5.41) is 4.99. The van der Waals surface area contributed by atoms with E-state index >= 15 is 0 Å². The number of hydrogen-bond acceptors (Lipinski definition) is 5. The van der Waals surface area contributed by atoms with Crippen molar-refractivity contribution in [3.8, 4) is 11.5 Å². The van der Waals surface area contributed by atoms with Crippen LogP contribution in [-0.2, 0) is 6.42 Å². The minimum Gasteiger partial charge on any atom is -0.454 e. The summed E-state index contributed by atoms with van der Waals surface area (Å²) < 4.78 is 10.7. The molecule has 7 heteroatoms. The molecule has 0 saturated carbocycles. The summed E-state index contributed by atoms with van der Waals surface area (Å²) in [4.78, 5) is 8.48. The van der Waals surface area contributed by atoms with E-state index < -0.39 is 0 Å². The number of benzene rings is 2. The first-order valence-electron chi connectivity index (χ1n) is 7.44. The number of hydrogen-bond donors (Lipinski definition) is 1. The maximum atomic E-state index is 6.07.